The molecule has 1 aromatic carbocycles. The fourth-order valence-electron chi connectivity index (χ4n) is 1.22. The van der Waals surface area contributed by atoms with Crippen LogP contribution in [0.15, 0.2) is 30.3 Å². The van der Waals surface area contributed by atoms with Gasteiger partial charge in [-0.15, -0.1) is 0 Å². The van der Waals surface area contributed by atoms with Gasteiger partial charge in [-0.2, -0.15) is 0 Å². The second-order valence-electron chi connectivity index (χ2n) is 4.29. The lowest BCUT2D eigenvalue weighted by Crippen LogP contribution is -2.32. The zero-order valence-corrected chi connectivity index (χ0v) is 10.8. The average Bonchev–Trinajstić information content (AvgIpc) is 2.27. The van der Waals surface area contributed by atoms with E-state index in [1.54, 1.807) is 30.3 Å². The van der Waals surface area contributed by atoms with Crippen LogP contribution in [0, 0.1) is 5.92 Å². The third kappa shape index (κ3) is 5.10. The first-order valence-electron chi connectivity index (χ1n) is 5.46. The van der Waals surface area contributed by atoms with Crippen LogP contribution in [0.25, 0.3) is 0 Å². The maximum Gasteiger partial charge on any atom is 0.219 e. The van der Waals surface area contributed by atoms with Gasteiger partial charge in [0, 0.05) is 12.1 Å². The summed E-state index contributed by atoms with van der Waals surface area (Å²) >= 11 is 0. The van der Waals surface area contributed by atoms with Crippen LogP contribution in [0.3, 0.4) is 0 Å². The van der Waals surface area contributed by atoms with E-state index in [2.05, 4.69) is 4.72 Å². The molecule has 0 spiro atoms. The summed E-state index contributed by atoms with van der Waals surface area (Å²) in [6.07, 6.45) is 0. The zero-order chi connectivity index (χ0) is 12.9. The quantitative estimate of drug-likeness (QED) is 0.782. The molecule has 0 radical (unpaired) electrons. The maximum absolute atomic E-state index is 11.7. The van der Waals surface area contributed by atoms with Crippen molar-refractivity contribution in [2.45, 2.75) is 13.8 Å². The van der Waals surface area contributed by atoms with E-state index >= 15 is 0 Å². The molecule has 17 heavy (non-hydrogen) atoms. The first kappa shape index (κ1) is 13.9. The van der Waals surface area contributed by atoms with E-state index in [1.807, 2.05) is 13.8 Å². The summed E-state index contributed by atoms with van der Waals surface area (Å²) in [7, 11) is -3.52. The number of hydrogen-bond donors (Lipinski definition) is 1. The Hall–Kier alpha value is -1.20. The maximum atomic E-state index is 11.7. The number of rotatable bonds is 6. The number of benzene rings is 1. The molecule has 0 atom stereocenters. The highest BCUT2D eigenvalue weighted by Gasteiger charge is 2.17. The summed E-state index contributed by atoms with van der Waals surface area (Å²) in [5.74, 6) is -0.664. The number of sulfonamides is 1. The van der Waals surface area contributed by atoms with Gasteiger partial charge in [0.15, 0.2) is 5.78 Å². The van der Waals surface area contributed by atoms with Gasteiger partial charge in [-0.3, -0.25) is 4.79 Å². The van der Waals surface area contributed by atoms with Crippen LogP contribution < -0.4 is 4.72 Å². The highest BCUT2D eigenvalue weighted by Crippen LogP contribution is 2.02. The van der Waals surface area contributed by atoms with Crippen molar-refractivity contribution in [1.82, 2.24) is 4.72 Å². The molecule has 1 rings (SSSR count). The van der Waals surface area contributed by atoms with Gasteiger partial charge in [-0.1, -0.05) is 44.2 Å². The SMILES string of the molecule is CC(C)CNS(=O)(=O)CC(=O)c1ccccc1. The Balaban J connectivity index is 2.63. The molecule has 0 heterocycles. The van der Waals surface area contributed by atoms with Gasteiger partial charge in [0.05, 0.1) is 0 Å². The Kier molecular flexibility index (Phi) is 4.84. The third-order valence-electron chi connectivity index (χ3n) is 2.13. The summed E-state index contributed by atoms with van der Waals surface area (Å²) in [6, 6.07) is 8.42. The average molecular weight is 255 g/mol. The molecule has 0 saturated carbocycles. The van der Waals surface area contributed by atoms with E-state index in [-0.39, 0.29) is 11.7 Å². The topological polar surface area (TPSA) is 63.2 Å². The Labute approximate surface area is 102 Å². The van der Waals surface area contributed by atoms with Crippen molar-refractivity contribution >= 4 is 15.8 Å². The lowest BCUT2D eigenvalue weighted by molar-refractivity contribution is 0.102. The lowest BCUT2D eigenvalue weighted by atomic mass is 10.2. The molecule has 0 aliphatic rings. The Morgan fingerprint density at radius 1 is 1.24 bits per heavy atom. The van der Waals surface area contributed by atoms with Crippen LogP contribution in [0.5, 0.6) is 0 Å². The molecular weight excluding hydrogens is 238 g/mol. The largest absolute Gasteiger partial charge is 0.293 e. The second kappa shape index (κ2) is 5.93. The van der Waals surface area contributed by atoms with Gasteiger partial charge in [0.1, 0.15) is 5.75 Å². The summed E-state index contributed by atoms with van der Waals surface area (Å²) in [5, 5.41) is 0. The molecule has 0 unspecified atom stereocenters. The van der Waals surface area contributed by atoms with Gasteiger partial charge < -0.3 is 0 Å². The van der Waals surface area contributed by atoms with Crippen LogP contribution in [-0.4, -0.2) is 26.5 Å². The number of hydrogen-bond acceptors (Lipinski definition) is 3. The van der Waals surface area contributed by atoms with Crippen LogP contribution in [0.4, 0.5) is 0 Å². The minimum Gasteiger partial charge on any atom is -0.293 e. The number of Topliss-reactive ketones (excluding diaryl/α,β-unsaturated/α-hetero) is 1. The molecule has 5 heteroatoms. The van der Waals surface area contributed by atoms with Gasteiger partial charge in [-0.25, -0.2) is 13.1 Å². The summed E-state index contributed by atoms with van der Waals surface area (Å²) in [4.78, 5) is 11.7. The Morgan fingerprint density at radius 3 is 2.35 bits per heavy atom. The molecule has 0 aromatic heterocycles. The third-order valence-corrected chi connectivity index (χ3v) is 3.38. The predicted octanol–water partition coefficient (Wildman–Crippen LogP) is 1.44. The van der Waals surface area contributed by atoms with Crippen molar-refractivity contribution in [3.63, 3.8) is 0 Å². The first-order chi connectivity index (χ1) is 7.91. The number of carbonyl (C=O) groups is 1. The molecule has 0 amide bonds. The number of nitrogens with one attached hydrogen (secondary N) is 1. The summed E-state index contributed by atoms with van der Waals surface area (Å²) in [5.41, 5.74) is 0.419. The van der Waals surface area contributed by atoms with Crippen LogP contribution in [0.2, 0.25) is 0 Å². The van der Waals surface area contributed by atoms with E-state index in [4.69, 9.17) is 0 Å². The zero-order valence-electron chi connectivity index (χ0n) is 10.0. The molecule has 94 valence electrons. The molecule has 0 aliphatic carbocycles. The standard InChI is InChI=1S/C12H17NO3S/c1-10(2)8-13-17(15,16)9-12(14)11-6-4-3-5-7-11/h3-7,10,13H,8-9H2,1-2H3. The molecule has 4 nitrogen and oxygen atoms in total. The van der Waals surface area contributed by atoms with Crippen LogP contribution in [-0.2, 0) is 10.0 Å². The monoisotopic (exact) mass is 255 g/mol. The fourth-order valence-corrected chi connectivity index (χ4v) is 2.43. The van der Waals surface area contributed by atoms with E-state index in [0.717, 1.165) is 0 Å². The van der Waals surface area contributed by atoms with E-state index < -0.39 is 15.8 Å². The minimum absolute atomic E-state index is 0.219. The molecule has 0 fully saturated rings. The van der Waals surface area contributed by atoms with E-state index in [9.17, 15) is 13.2 Å². The second-order valence-corrected chi connectivity index (χ2v) is 6.10. The smallest absolute Gasteiger partial charge is 0.219 e. The van der Waals surface area contributed by atoms with Crippen molar-refractivity contribution < 1.29 is 13.2 Å². The van der Waals surface area contributed by atoms with Crippen molar-refractivity contribution in [3.05, 3.63) is 35.9 Å². The van der Waals surface area contributed by atoms with Crippen LogP contribution in [0.1, 0.15) is 24.2 Å². The molecule has 0 aliphatic heterocycles. The van der Waals surface area contributed by atoms with Gasteiger partial charge in [0.25, 0.3) is 0 Å². The molecule has 0 bridgehead atoms. The molecule has 0 saturated heterocycles. The van der Waals surface area contributed by atoms with Gasteiger partial charge >= 0.3 is 0 Å². The van der Waals surface area contributed by atoms with E-state index in [0.29, 0.717) is 12.1 Å². The summed E-state index contributed by atoms with van der Waals surface area (Å²) in [6.45, 7) is 4.16. The van der Waals surface area contributed by atoms with Gasteiger partial charge in [0.2, 0.25) is 10.0 Å². The van der Waals surface area contributed by atoms with Crippen molar-refractivity contribution in [3.8, 4) is 0 Å². The number of carbonyl (C=O) groups excluding carboxylic acids is 1. The predicted molar refractivity (Wildman–Crippen MR) is 67.4 cm³/mol. The highest BCUT2D eigenvalue weighted by molar-refractivity contribution is 7.90. The number of ketones is 1. The van der Waals surface area contributed by atoms with Gasteiger partial charge in [-0.05, 0) is 5.92 Å². The van der Waals surface area contributed by atoms with Crippen LogP contribution >= 0.6 is 0 Å². The fraction of sp³-hybridized carbons (Fsp3) is 0.417. The highest BCUT2D eigenvalue weighted by atomic mass is 32.2. The molecule has 1 aromatic rings. The van der Waals surface area contributed by atoms with Crippen molar-refractivity contribution in [1.29, 1.82) is 0 Å². The Morgan fingerprint density at radius 2 is 1.82 bits per heavy atom. The van der Waals surface area contributed by atoms with Crippen molar-refractivity contribution in [2.24, 2.45) is 5.92 Å². The molecule has 1 N–H and O–H groups in total. The van der Waals surface area contributed by atoms with E-state index in [1.165, 1.54) is 0 Å². The molecular formula is C12H17NO3S. The summed E-state index contributed by atoms with van der Waals surface area (Å²) < 4.78 is 25.6. The normalized spacial score (nSPS) is 11.7. The van der Waals surface area contributed by atoms with Crippen molar-refractivity contribution in [2.75, 3.05) is 12.3 Å². The Bertz CT molecular complexity index is 466. The minimum atomic E-state index is -3.52. The first-order valence-corrected chi connectivity index (χ1v) is 7.11. The lowest BCUT2D eigenvalue weighted by Gasteiger charge is -2.08.